The van der Waals surface area contributed by atoms with Gasteiger partial charge in [-0.15, -0.1) is 0 Å². The Labute approximate surface area is 180 Å². The summed E-state index contributed by atoms with van der Waals surface area (Å²) in [6.45, 7) is 14.3. The van der Waals surface area contributed by atoms with Crippen LogP contribution in [0, 0.1) is 0 Å². The van der Waals surface area contributed by atoms with Crippen molar-refractivity contribution in [1.29, 1.82) is 0 Å². The molecule has 0 spiro atoms. The number of carbonyl (C=O) groups excluding carboxylic acids is 1. The van der Waals surface area contributed by atoms with Crippen LogP contribution in [-0.2, 0) is 21.2 Å². The van der Waals surface area contributed by atoms with Gasteiger partial charge in [-0.2, -0.15) is 0 Å². The van der Waals surface area contributed by atoms with Gasteiger partial charge in [0, 0.05) is 18.4 Å². The fourth-order valence-corrected chi connectivity index (χ4v) is 4.16. The van der Waals surface area contributed by atoms with Crippen LogP contribution in [0.4, 0.5) is 0 Å². The summed E-state index contributed by atoms with van der Waals surface area (Å²) in [5.74, 6) is -0.416. The lowest BCUT2D eigenvalue weighted by Crippen LogP contribution is -2.87. The summed E-state index contributed by atoms with van der Waals surface area (Å²) in [5.41, 5.74) is 1.97. The van der Waals surface area contributed by atoms with Crippen molar-refractivity contribution >= 4 is 5.97 Å². The smallest absolute Gasteiger partial charge is 0.342 e. The van der Waals surface area contributed by atoms with Gasteiger partial charge in [0.25, 0.3) is 0 Å². The van der Waals surface area contributed by atoms with E-state index in [2.05, 4.69) is 26.1 Å². The van der Waals surface area contributed by atoms with Gasteiger partial charge >= 0.3 is 5.97 Å². The number of rotatable bonds is 3. The van der Waals surface area contributed by atoms with E-state index in [0.717, 1.165) is 42.6 Å². The largest absolute Gasteiger partial charge is 0.507 e. The van der Waals surface area contributed by atoms with Gasteiger partial charge in [-0.1, -0.05) is 77.9 Å². The van der Waals surface area contributed by atoms with E-state index in [4.69, 9.17) is 4.74 Å². The Morgan fingerprint density at radius 3 is 2.10 bits per heavy atom. The molecule has 1 aliphatic rings. The number of quaternary nitrogens is 1. The molecule has 30 heavy (non-hydrogen) atoms. The van der Waals surface area contributed by atoms with Crippen LogP contribution in [0.15, 0.2) is 42.5 Å². The Balaban J connectivity index is 2.07. The molecular weight excluding hydrogens is 374 g/mol. The molecular formula is C26H36NO3+. The molecule has 2 aromatic carbocycles. The van der Waals surface area contributed by atoms with E-state index in [1.807, 2.05) is 57.2 Å². The Hall–Kier alpha value is -2.33. The number of hydrogen-bond acceptors (Lipinski definition) is 3. The first kappa shape index (κ1) is 22.4. The highest BCUT2D eigenvalue weighted by molar-refractivity contribution is 5.93. The quantitative estimate of drug-likeness (QED) is 0.738. The Kier molecular flexibility index (Phi) is 6.01. The van der Waals surface area contributed by atoms with Gasteiger partial charge in [0.15, 0.2) is 0 Å². The summed E-state index contributed by atoms with van der Waals surface area (Å²) >= 11 is 0. The third-order valence-electron chi connectivity index (χ3n) is 6.10. The van der Waals surface area contributed by atoms with Crippen LogP contribution in [0.25, 0.3) is 0 Å². The number of esters is 1. The molecule has 4 heteroatoms. The highest BCUT2D eigenvalue weighted by atomic mass is 16.6. The molecule has 0 atom stereocenters. The maximum atomic E-state index is 13.5. The molecule has 0 bridgehead atoms. The minimum atomic E-state index is -0.654. The fourth-order valence-electron chi connectivity index (χ4n) is 4.16. The topological polar surface area (TPSA) is 63.1 Å². The fraction of sp³-hybridized carbons (Fsp3) is 0.500. The summed E-state index contributed by atoms with van der Waals surface area (Å²) in [6.07, 6.45) is 1.52. The van der Waals surface area contributed by atoms with Gasteiger partial charge in [-0.25, -0.2) is 4.79 Å². The number of phenols is 1. The minimum Gasteiger partial charge on any atom is -0.507 e. The zero-order valence-corrected chi connectivity index (χ0v) is 19.2. The number of phenolic OH excluding ortho intramolecular Hbond substituents is 1. The molecule has 1 heterocycles. The van der Waals surface area contributed by atoms with Crippen molar-refractivity contribution in [3.05, 3.63) is 64.7 Å². The lowest BCUT2D eigenvalue weighted by atomic mass is 9.79. The van der Waals surface area contributed by atoms with Gasteiger partial charge in [-0.05, 0) is 28.0 Å². The van der Waals surface area contributed by atoms with E-state index in [1.54, 1.807) is 6.07 Å². The molecule has 0 radical (unpaired) electrons. The van der Waals surface area contributed by atoms with Crippen molar-refractivity contribution in [3.8, 4) is 5.75 Å². The standard InChI is InChI=1S/C26H35NO3/c1-24(2,3)19-16-20(22(28)21(17-19)25(4,5)6)23(29)30-26(12-14-27-15-13-26)18-10-8-7-9-11-18/h7-11,16-17,27-28H,12-15H2,1-6H3/p+1. The van der Waals surface area contributed by atoms with Gasteiger partial charge in [0.2, 0.25) is 0 Å². The molecule has 162 valence electrons. The van der Waals surface area contributed by atoms with E-state index in [-0.39, 0.29) is 22.1 Å². The summed E-state index contributed by atoms with van der Waals surface area (Å²) in [5, 5.41) is 13.3. The number of hydrogen-bond donors (Lipinski definition) is 2. The van der Waals surface area contributed by atoms with E-state index < -0.39 is 11.6 Å². The van der Waals surface area contributed by atoms with Crippen LogP contribution in [0.5, 0.6) is 5.75 Å². The first-order chi connectivity index (χ1) is 13.9. The van der Waals surface area contributed by atoms with Crippen LogP contribution >= 0.6 is 0 Å². The first-order valence-corrected chi connectivity index (χ1v) is 10.9. The minimum absolute atomic E-state index is 0.0334. The average Bonchev–Trinajstić information content (AvgIpc) is 2.67. The number of piperidine rings is 1. The van der Waals surface area contributed by atoms with Crippen molar-refractivity contribution < 1.29 is 20.0 Å². The molecule has 3 N–H and O–H groups in total. The van der Waals surface area contributed by atoms with Crippen molar-refractivity contribution in [3.63, 3.8) is 0 Å². The number of ether oxygens (including phenoxy) is 1. The van der Waals surface area contributed by atoms with Crippen molar-refractivity contribution in [2.24, 2.45) is 0 Å². The second-order valence-corrected chi connectivity index (χ2v) is 10.5. The Bertz CT molecular complexity index is 898. The van der Waals surface area contributed by atoms with Crippen LogP contribution < -0.4 is 5.32 Å². The molecule has 0 unspecified atom stereocenters. The maximum Gasteiger partial charge on any atom is 0.342 e. The van der Waals surface area contributed by atoms with E-state index in [1.165, 1.54) is 0 Å². The Morgan fingerprint density at radius 1 is 0.967 bits per heavy atom. The van der Waals surface area contributed by atoms with E-state index >= 15 is 0 Å². The van der Waals surface area contributed by atoms with Crippen molar-refractivity contribution in [2.75, 3.05) is 13.1 Å². The first-order valence-electron chi connectivity index (χ1n) is 10.9. The third-order valence-corrected chi connectivity index (χ3v) is 6.10. The highest BCUT2D eigenvalue weighted by Gasteiger charge is 2.40. The zero-order valence-electron chi connectivity index (χ0n) is 19.2. The summed E-state index contributed by atoms with van der Waals surface area (Å²) in [4.78, 5) is 13.5. The third kappa shape index (κ3) is 4.54. The van der Waals surface area contributed by atoms with E-state index in [9.17, 15) is 9.90 Å². The van der Waals surface area contributed by atoms with Crippen LogP contribution in [0.2, 0.25) is 0 Å². The number of benzene rings is 2. The SMILES string of the molecule is CC(C)(C)c1cc(C(=O)OC2(c3ccccc3)CC[NH2+]CC2)c(O)c(C(C)(C)C)c1. The lowest BCUT2D eigenvalue weighted by molar-refractivity contribution is -0.668. The van der Waals surface area contributed by atoms with Gasteiger partial charge < -0.3 is 15.2 Å². The molecule has 0 saturated carbocycles. The van der Waals surface area contributed by atoms with Crippen LogP contribution in [0.1, 0.15) is 81.4 Å². The Morgan fingerprint density at radius 2 is 1.57 bits per heavy atom. The van der Waals surface area contributed by atoms with Crippen molar-refractivity contribution in [2.45, 2.75) is 70.8 Å². The summed E-state index contributed by atoms with van der Waals surface area (Å²) < 4.78 is 6.25. The van der Waals surface area contributed by atoms with E-state index in [0.29, 0.717) is 0 Å². The predicted octanol–water partition coefficient (Wildman–Crippen LogP) is 4.40. The molecule has 1 fully saturated rings. The highest BCUT2D eigenvalue weighted by Crippen LogP contribution is 2.40. The second kappa shape index (κ2) is 8.07. The summed E-state index contributed by atoms with van der Waals surface area (Å²) in [6, 6.07) is 13.8. The molecule has 1 aliphatic heterocycles. The number of aromatic hydroxyl groups is 1. The second-order valence-electron chi connectivity index (χ2n) is 10.5. The molecule has 2 aromatic rings. The number of nitrogens with two attached hydrogens (primary N) is 1. The molecule has 4 nitrogen and oxygen atoms in total. The van der Waals surface area contributed by atoms with Crippen molar-refractivity contribution in [1.82, 2.24) is 0 Å². The summed E-state index contributed by atoms with van der Waals surface area (Å²) in [7, 11) is 0. The lowest BCUT2D eigenvalue weighted by Gasteiger charge is -2.36. The van der Waals surface area contributed by atoms with Gasteiger partial charge in [0.1, 0.15) is 16.9 Å². The van der Waals surface area contributed by atoms with Crippen LogP contribution in [0.3, 0.4) is 0 Å². The number of carbonyl (C=O) groups is 1. The molecule has 1 saturated heterocycles. The van der Waals surface area contributed by atoms with Gasteiger partial charge in [0.05, 0.1) is 13.1 Å². The van der Waals surface area contributed by atoms with Crippen LogP contribution in [-0.4, -0.2) is 24.2 Å². The molecule has 0 amide bonds. The maximum absolute atomic E-state index is 13.5. The molecule has 3 rings (SSSR count). The molecule has 0 aromatic heterocycles. The molecule has 0 aliphatic carbocycles. The normalized spacial score (nSPS) is 16.9. The average molecular weight is 411 g/mol. The predicted molar refractivity (Wildman–Crippen MR) is 120 cm³/mol. The van der Waals surface area contributed by atoms with Gasteiger partial charge in [-0.3, -0.25) is 0 Å². The monoisotopic (exact) mass is 410 g/mol. The zero-order chi connectivity index (χ0) is 22.2.